The number of hydrogen-bond donors (Lipinski definition) is 0. The van der Waals surface area contributed by atoms with Crippen molar-refractivity contribution in [3.05, 3.63) is 28.4 Å². The standard InChI is InChI=1S/C10H14N2O7S/c1-8(13)19-9(7-18-20(2,16)17)6-11-5-3-4-10(11)12(14)15/h3-5,9H,6-7H2,1-2H3. The van der Waals surface area contributed by atoms with Crippen LogP contribution in [0.25, 0.3) is 0 Å². The fraction of sp³-hybridized carbons (Fsp3) is 0.500. The molecule has 0 aliphatic rings. The molecule has 0 saturated carbocycles. The molecule has 0 aliphatic carbocycles. The molecule has 0 spiro atoms. The molecule has 0 radical (unpaired) electrons. The van der Waals surface area contributed by atoms with Crippen molar-refractivity contribution in [1.82, 2.24) is 4.57 Å². The molecule has 0 aromatic carbocycles. The quantitative estimate of drug-likeness (QED) is 0.308. The summed E-state index contributed by atoms with van der Waals surface area (Å²) in [6.45, 7) is 0.656. The van der Waals surface area contributed by atoms with Crippen molar-refractivity contribution in [3.63, 3.8) is 0 Å². The molecule has 9 nitrogen and oxygen atoms in total. The van der Waals surface area contributed by atoms with Crippen molar-refractivity contribution in [3.8, 4) is 0 Å². The van der Waals surface area contributed by atoms with E-state index in [9.17, 15) is 23.3 Å². The van der Waals surface area contributed by atoms with E-state index in [0.717, 1.165) is 13.2 Å². The molecule has 0 saturated heterocycles. The van der Waals surface area contributed by atoms with Gasteiger partial charge in [0, 0.05) is 13.0 Å². The zero-order valence-corrected chi connectivity index (χ0v) is 11.7. The zero-order chi connectivity index (χ0) is 15.3. The topological polar surface area (TPSA) is 118 Å². The lowest BCUT2D eigenvalue weighted by molar-refractivity contribution is -0.392. The molecule has 112 valence electrons. The fourth-order valence-corrected chi connectivity index (χ4v) is 1.90. The summed E-state index contributed by atoms with van der Waals surface area (Å²) >= 11 is 0. The first-order valence-electron chi connectivity index (χ1n) is 5.50. The van der Waals surface area contributed by atoms with Crippen molar-refractivity contribution < 1.29 is 27.1 Å². The minimum Gasteiger partial charge on any atom is -0.456 e. The number of esters is 1. The maximum absolute atomic E-state index is 11.0. The van der Waals surface area contributed by atoms with E-state index in [1.165, 1.54) is 22.9 Å². The molecule has 0 aliphatic heterocycles. The summed E-state index contributed by atoms with van der Waals surface area (Å²) in [6, 6.07) is 2.74. The number of rotatable bonds is 7. The summed E-state index contributed by atoms with van der Waals surface area (Å²) in [5.74, 6) is -0.830. The van der Waals surface area contributed by atoms with Gasteiger partial charge in [-0.25, -0.2) is 4.57 Å². The molecule has 0 N–H and O–H groups in total. The van der Waals surface area contributed by atoms with Gasteiger partial charge in [0.05, 0.1) is 12.5 Å². The minimum absolute atomic E-state index is 0.0849. The van der Waals surface area contributed by atoms with E-state index in [4.69, 9.17) is 4.74 Å². The van der Waals surface area contributed by atoms with E-state index in [1.807, 2.05) is 0 Å². The number of carbonyl (C=O) groups is 1. The highest BCUT2D eigenvalue weighted by Gasteiger charge is 2.21. The average molecular weight is 306 g/mol. The molecule has 20 heavy (non-hydrogen) atoms. The van der Waals surface area contributed by atoms with Gasteiger partial charge in [0.1, 0.15) is 13.2 Å². The van der Waals surface area contributed by atoms with Gasteiger partial charge in [0.2, 0.25) is 0 Å². The Labute approximate surface area is 115 Å². The number of hydrogen-bond acceptors (Lipinski definition) is 7. The Morgan fingerprint density at radius 3 is 2.70 bits per heavy atom. The first-order chi connectivity index (χ1) is 9.19. The third-order valence-electron chi connectivity index (χ3n) is 2.19. The smallest absolute Gasteiger partial charge is 0.323 e. The second-order valence-corrected chi connectivity index (χ2v) is 5.64. The van der Waals surface area contributed by atoms with Gasteiger partial charge in [-0.2, -0.15) is 8.42 Å². The Morgan fingerprint density at radius 1 is 1.55 bits per heavy atom. The van der Waals surface area contributed by atoms with Gasteiger partial charge in [0.15, 0.2) is 6.10 Å². The lowest BCUT2D eigenvalue weighted by atomic mass is 10.3. The van der Waals surface area contributed by atoms with Crippen molar-refractivity contribution in [1.29, 1.82) is 0 Å². The number of carbonyl (C=O) groups excluding carboxylic acids is 1. The monoisotopic (exact) mass is 306 g/mol. The second-order valence-electron chi connectivity index (χ2n) is 4.00. The molecule has 1 rings (SSSR count). The number of nitrogens with zero attached hydrogens (tertiary/aromatic N) is 2. The largest absolute Gasteiger partial charge is 0.456 e. The Balaban J connectivity index is 2.80. The van der Waals surface area contributed by atoms with Crippen molar-refractivity contribution in [2.45, 2.75) is 19.6 Å². The third-order valence-corrected chi connectivity index (χ3v) is 2.76. The maximum Gasteiger partial charge on any atom is 0.323 e. The van der Waals surface area contributed by atoms with Crippen LogP contribution in [0.5, 0.6) is 0 Å². The average Bonchev–Trinajstić information content (AvgIpc) is 2.72. The summed E-state index contributed by atoms with van der Waals surface area (Å²) in [4.78, 5) is 21.1. The van der Waals surface area contributed by atoms with E-state index in [1.54, 1.807) is 0 Å². The summed E-state index contributed by atoms with van der Waals surface area (Å²) in [5, 5.41) is 10.8. The van der Waals surface area contributed by atoms with Crippen LogP contribution in [0, 0.1) is 10.1 Å². The van der Waals surface area contributed by atoms with Crippen LogP contribution >= 0.6 is 0 Å². The van der Waals surface area contributed by atoms with Crippen LogP contribution in [0.4, 0.5) is 5.82 Å². The molecular weight excluding hydrogens is 292 g/mol. The fourth-order valence-electron chi connectivity index (χ4n) is 1.50. The van der Waals surface area contributed by atoms with Crippen LogP contribution in [0.15, 0.2) is 18.3 Å². The van der Waals surface area contributed by atoms with Crippen LogP contribution in [0.2, 0.25) is 0 Å². The van der Waals surface area contributed by atoms with Crippen molar-refractivity contribution in [2.24, 2.45) is 0 Å². The number of aromatic nitrogens is 1. The van der Waals surface area contributed by atoms with Crippen LogP contribution in [-0.2, 0) is 30.4 Å². The Kier molecular flexibility index (Phi) is 5.22. The molecule has 1 heterocycles. The van der Waals surface area contributed by atoms with Crippen LogP contribution in [0.3, 0.4) is 0 Å². The van der Waals surface area contributed by atoms with Crippen LogP contribution < -0.4 is 0 Å². The van der Waals surface area contributed by atoms with E-state index in [-0.39, 0.29) is 12.4 Å². The van der Waals surface area contributed by atoms with Crippen LogP contribution in [0.1, 0.15) is 6.92 Å². The van der Waals surface area contributed by atoms with E-state index >= 15 is 0 Å². The van der Waals surface area contributed by atoms with Gasteiger partial charge >= 0.3 is 11.8 Å². The highest BCUT2D eigenvalue weighted by molar-refractivity contribution is 7.85. The van der Waals surface area contributed by atoms with Crippen molar-refractivity contribution >= 4 is 21.9 Å². The normalized spacial score (nSPS) is 12.9. The second kappa shape index (κ2) is 6.48. The highest BCUT2D eigenvalue weighted by atomic mass is 32.2. The van der Waals surface area contributed by atoms with Gasteiger partial charge in [0.25, 0.3) is 10.1 Å². The number of ether oxygens (including phenoxy) is 1. The van der Waals surface area contributed by atoms with Crippen LogP contribution in [-0.4, -0.2) is 42.8 Å². The number of nitro groups is 1. The van der Waals surface area contributed by atoms with Gasteiger partial charge in [-0.3, -0.25) is 8.98 Å². The SMILES string of the molecule is CC(=O)OC(COS(C)(=O)=O)Cn1cccc1[N+](=O)[O-]. The Hall–Kier alpha value is -1.94. The predicted molar refractivity (Wildman–Crippen MR) is 67.4 cm³/mol. The molecular formula is C10H14N2O7S. The van der Waals surface area contributed by atoms with Crippen molar-refractivity contribution in [2.75, 3.05) is 12.9 Å². The lowest BCUT2D eigenvalue weighted by Crippen LogP contribution is -2.28. The van der Waals surface area contributed by atoms with E-state index < -0.39 is 33.7 Å². The predicted octanol–water partition coefficient (Wildman–Crippen LogP) is 0.304. The van der Waals surface area contributed by atoms with E-state index in [2.05, 4.69) is 4.18 Å². The molecule has 0 fully saturated rings. The van der Waals surface area contributed by atoms with Gasteiger partial charge in [-0.05, 0) is 11.0 Å². The van der Waals surface area contributed by atoms with Gasteiger partial charge in [-0.1, -0.05) is 0 Å². The molecule has 1 aromatic heterocycles. The summed E-state index contributed by atoms with van der Waals surface area (Å²) in [7, 11) is -3.69. The first kappa shape index (κ1) is 16.1. The summed E-state index contributed by atoms with van der Waals surface area (Å²) in [5.41, 5.74) is 0. The van der Waals surface area contributed by atoms with Gasteiger partial charge < -0.3 is 14.9 Å². The molecule has 0 amide bonds. The highest BCUT2D eigenvalue weighted by Crippen LogP contribution is 2.14. The first-order valence-corrected chi connectivity index (χ1v) is 7.32. The Bertz CT molecular complexity index is 593. The maximum atomic E-state index is 11.0. The zero-order valence-electron chi connectivity index (χ0n) is 10.9. The third kappa shape index (κ3) is 5.36. The molecule has 1 atom stereocenters. The van der Waals surface area contributed by atoms with Gasteiger partial charge in [-0.15, -0.1) is 0 Å². The van der Waals surface area contributed by atoms with E-state index in [0.29, 0.717) is 0 Å². The molecule has 10 heteroatoms. The summed E-state index contributed by atoms with van der Waals surface area (Å²) < 4.78 is 32.5. The minimum atomic E-state index is -3.69. The molecule has 1 unspecified atom stereocenters. The Morgan fingerprint density at radius 2 is 2.20 bits per heavy atom. The summed E-state index contributed by atoms with van der Waals surface area (Å²) in [6.07, 6.45) is 1.33. The lowest BCUT2D eigenvalue weighted by Gasteiger charge is -2.15. The molecule has 1 aromatic rings. The molecule has 0 bridgehead atoms.